The number of thiophene rings is 1. The summed E-state index contributed by atoms with van der Waals surface area (Å²) in [5.74, 6) is 0.546. The maximum absolute atomic E-state index is 13.0. The van der Waals surface area contributed by atoms with Crippen LogP contribution in [0.15, 0.2) is 30.3 Å². The van der Waals surface area contributed by atoms with Crippen LogP contribution in [0, 0.1) is 13.8 Å². The summed E-state index contributed by atoms with van der Waals surface area (Å²) in [7, 11) is 0. The van der Waals surface area contributed by atoms with Gasteiger partial charge in [-0.3, -0.25) is 4.79 Å². The van der Waals surface area contributed by atoms with E-state index in [9.17, 15) is 4.79 Å². The molecule has 3 heterocycles. The Morgan fingerprint density at radius 2 is 1.85 bits per heavy atom. The van der Waals surface area contributed by atoms with Gasteiger partial charge in [0, 0.05) is 18.5 Å². The number of nitrogens with zero attached hydrogens (tertiary/aromatic N) is 3. The third kappa shape index (κ3) is 2.84. The predicted molar refractivity (Wildman–Crippen MR) is 106 cm³/mol. The summed E-state index contributed by atoms with van der Waals surface area (Å²) in [5, 5.41) is 9.26. The van der Waals surface area contributed by atoms with E-state index in [4.69, 9.17) is 5.73 Å². The lowest BCUT2D eigenvalue weighted by Crippen LogP contribution is -2.37. The lowest BCUT2D eigenvalue weighted by molar-refractivity contribution is 0.0719. The molecule has 0 radical (unpaired) electrons. The molecule has 5 nitrogen and oxygen atoms in total. The number of piperidine rings is 1. The van der Waals surface area contributed by atoms with Crippen molar-refractivity contribution in [3.05, 3.63) is 52.0 Å². The van der Waals surface area contributed by atoms with Gasteiger partial charge in [-0.25, -0.2) is 0 Å². The first-order valence-electron chi connectivity index (χ1n) is 8.92. The highest BCUT2D eigenvalue weighted by Crippen LogP contribution is 2.36. The fourth-order valence-corrected chi connectivity index (χ4v) is 4.75. The van der Waals surface area contributed by atoms with Crippen molar-refractivity contribution >= 4 is 33.1 Å². The van der Waals surface area contributed by atoms with Gasteiger partial charge in [0.2, 0.25) is 0 Å². The van der Waals surface area contributed by atoms with Crippen LogP contribution < -0.4 is 5.73 Å². The van der Waals surface area contributed by atoms with Gasteiger partial charge >= 0.3 is 0 Å². The highest BCUT2D eigenvalue weighted by Gasteiger charge is 2.28. The van der Waals surface area contributed by atoms with Crippen LogP contribution in [0.25, 0.3) is 10.2 Å². The highest BCUT2D eigenvalue weighted by atomic mass is 32.1. The molecule has 26 heavy (non-hydrogen) atoms. The number of likely N-dealkylation sites (tertiary alicyclic amines) is 1. The fourth-order valence-electron chi connectivity index (χ4n) is 3.68. The zero-order chi connectivity index (χ0) is 18.3. The Hall–Kier alpha value is -2.47. The van der Waals surface area contributed by atoms with Crippen LogP contribution in [0.1, 0.15) is 45.3 Å². The molecule has 3 aromatic rings. The Labute approximate surface area is 156 Å². The van der Waals surface area contributed by atoms with E-state index in [1.165, 1.54) is 16.9 Å². The average Bonchev–Trinajstić information content (AvgIpc) is 3.02. The summed E-state index contributed by atoms with van der Waals surface area (Å²) in [5.41, 5.74) is 10.1. The van der Waals surface area contributed by atoms with Crippen LogP contribution in [0.2, 0.25) is 0 Å². The van der Waals surface area contributed by atoms with E-state index in [2.05, 4.69) is 34.5 Å². The van der Waals surface area contributed by atoms with Crippen molar-refractivity contribution in [3.8, 4) is 0 Å². The van der Waals surface area contributed by atoms with Gasteiger partial charge in [-0.05, 0) is 43.7 Å². The van der Waals surface area contributed by atoms with Crippen LogP contribution in [0.5, 0.6) is 0 Å². The van der Waals surface area contributed by atoms with Crippen LogP contribution >= 0.6 is 11.3 Å². The molecule has 1 saturated heterocycles. The van der Waals surface area contributed by atoms with Crippen LogP contribution in [0.4, 0.5) is 5.69 Å². The van der Waals surface area contributed by atoms with E-state index >= 15 is 0 Å². The molecule has 1 fully saturated rings. The van der Waals surface area contributed by atoms with Gasteiger partial charge in [-0.1, -0.05) is 30.3 Å². The number of nitrogen functional groups attached to an aromatic ring is 1. The number of anilines is 1. The molecular formula is C20H22N4OS. The van der Waals surface area contributed by atoms with Gasteiger partial charge in [0.25, 0.3) is 5.91 Å². The highest BCUT2D eigenvalue weighted by molar-refractivity contribution is 7.21. The number of carbonyl (C=O) groups is 1. The Balaban J connectivity index is 1.55. The monoisotopic (exact) mass is 366 g/mol. The lowest BCUT2D eigenvalue weighted by atomic mass is 9.89. The minimum atomic E-state index is 0.0223. The molecule has 0 spiro atoms. The first-order chi connectivity index (χ1) is 12.6. The number of aryl methyl sites for hydroxylation is 2. The van der Waals surface area contributed by atoms with Gasteiger partial charge in [-0.15, -0.1) is 16.4 Å². The number of amides is 1. The van der Waals surface area contributed by atoms with Crippen molar-refractivity contribution in [2.45, 2.75) is 32.6 Å². The second-order valence-electron chi connectivity index (χ2n) is 6.91. The Bertz CT molecular complexity index is 959. The smallest absolute Gasteiger partial charge is 0.266 e. The number of aromatic nitrogens is 2. The topological polar surface area (TPSA) is 72.1 Å². The van der Waals surface area contributed by atoms with Crippen molar-refractivity contribution in [1.82, 2.24) is 15.1 Å². The Morgan fingerprint density at radius 1 is 1.15 bits per heavy atom. The second kappa shape index (κ2) is 6.68. The van der Waals surface area contributed by atoms with Crippen molar-refractivity contribution in [2.75, 3.05) is 18.8 Å². The minimum Gasteiger partial charge on any atom is -0.397 e. The molecule has 0 saturated carbocycles. The van der Waals surface area contributed by atoms with Crippen molar-refractivity contribution < 1.29 is 4.79 Å². The molecule has 0 bridgehead atoms. The number of hydrogen-bond acceptors (Lipinski definition) is 5. The zero-order valence-electron chi connectivity index (χ0n) is 15.0. The molecule has 1 aliphatic heterocycles. The molecule has 2 aromatic heterocycles. The van der Waals surface area contributed by atoms with E-state index in [0.29, 0.717) is 16.5 Å². The number of nitrogens with two attached hydrogens (primary N) is 1. The largest absolute Gasteiger partial charge is 0.397 e. The standard InChI is InChI=1S/C20H22N4OS/c1-12-13(2)22-23-19-16(12)17(21)18(26-19)20(25)24-10-8-15(9-11-24)14-6-4-3-5-7-14/h3-7,15H,8-11,21H2,1-2H3. The molecule has 1 aromatic carbocycles. The Morgan fingerprint density at radius 3 is 2.54 bits per heavy atom. The van der Waals surface area contributed by atoms with Crippen LogP contribution in [0.3, 0.4) is 0 Å². The van der Waals surface area contributed by atoms with Crippen molar-refractivity contribution in [1.29, 1.82) is 0 Å². The number of hydrogen-bond donors (Lipinski definition) is 1. The molecule has 2 N–H and O–H groups in total. The van der Waals surface area contributed by atoms with E-state index in [0.717, 1.165) is 47.4 Å². The maximum atomic E-state index is 13.0. The summed E-state index contributed by atoms with van der Waals surface area (Å²) >= 11 is 1.36. The SMILES string of the molecule is Cc1nnc2sc(C(=O)N3CCC(c4ccccc4)CC3)c(N)c2c1C. The van der Waals surface area contributed by atoms with Crippen molar-refractivity contribution in [2.24, 2.45) is 0 Å². The second-order valence-corrected chi connectivity index (χ2v) is 7.91. The molecular weight excluding hydrogens is 344 g/mol. The molecule has 134 valence electrons. The van der Waals surface area contributed by atoms with Gasteiger partial charge in [0.05, 0.1) is 11.4 Å². The summed E-state index contributed by atoms with van der Waals surface area (Å²) < 4.78 is 0. The quantitative estimate of drug-likeness (QED) is 0.746. The summed E-state index contributed by atoms with van der Waals surface area (Å²) in [6.07, 6.45) is 1.97. The summed E-state index contributed by atoms with van der Waals surface area (Å²) in [4.78, 5) is 16.3. The average molecular weight is 366 g/mol. The third-order valence-corrected chi connectivity index (χ3v) is 6.46. The number of fused-ring (bicyclic) bond motifs is 1. The predicted octanol–water partition coefficient (Wildman–Crippen LogP) is 3.91. The van der Waals surface area contributed by atoms with Crippen LogP contribution in [-0.2, 0) is 0 Å². The zero-order valence-corrected chi connectivity index (χ0v) is 15.8. The fraction of sp³-hybridized carbons (Fsp3) is 0.350. The number of carbonyl (C=O) groups excluding carboxylic acids is 1. The van der Waals surface area contributed by atoms with E-state index < -0.39 is 0 Å². The lowest BCUT2D eigenvalue weighted by Gasteiger charge is -2.32. The molecule has 0 aliphatic carbocycles. The third-order valence-electron chi connectivity index (χ3n) is 5.38. The van der Waals surface area contributed by atoms with Gasteiger partial charge < -0.3 is 10.6 Å². The van der Waals surface area contributed by atoms with Crippen molar-refractivity contribution in [3.63, 3.8) is 0 Å². The normalized spacial score (nSPS) is 15.5. The first kappa shape index (κ1) is 17.0. The maximum Gasteiger partial charge on any atom is 0.266 e. The minimum absolute atomic E-state index is 0.0223. The van der Waals surface area contributed by atoms with E-state index in [-0.39, 0.29) is 5.91 Å². The number of benzene rings is 1. The summed E-state index contributed by atoms with van der Waals surface area (Å²) in [6, 6.07) is 10.6. The van der Waals surface area contributed by atoms with Crippen LogP contribution in [-0.4, -0.2) is 34.1 Å². The van der Waals surface area contributed by atoms with E-state index in [1.807, 2.05) is 24.8 Å². The van der Waals surface area contributed by atoms with Gasteiger partial charge in [0.1, 0.15) is 9.71 Å². The van der Waals surface area contributed by atoms with E-state index in [1.54, 1.807) is 0 Å². The molecule has 1 amide bonds. The molecule has 1 aliphatic rings. The molecule has 6 heteroatoms. The molecule has 0 unspecified atom stereocenters. The summed E-state index contributed by atoms with van der Waals surface area (Å²) in [6.45, 7) is 5.41. The molecule has 4 rings (SSSR count). The number of rotatable bonds is 2. The Kier molecular flexibility index (Phi) is 4.36. The molecule has 0 atom stereocenters. The van der Waals surface area contributed by atoms with Gasteiger partial charge in [-0.2, -0.15) is 5.10 Å². The first-order valence-corrected chi connectivity index (χ1v) is 9.74. The van der Waals surface area contributed by atoms with Gasteiger partial charge in [0.15, 0.2) is 0 Å².